The molecule has 0 atom stereocenters. The van der Waals surface area contributed by atoms with Crippen molar-refractivity contribution in [2.45, 2.75) is 6.92 Å². The number of amides is 1. The van der Waals surface area contributed by atoms with Gasteiger partial charge in [-0.1, -0.05) is 0 Å². The summed E-state index contributed by atoms with van der Waals surface area (Å²) in [6, 6.07) is 9.87. The Bertz CT molecular complexity index is 1110. The quantitative estimate of drug-likeness (QED) is 0.574. The van der Waals surface area contributed by atoms with Gasteiger partial charge in [0.25, 0.3) is 0 Å². The van der Waals surface area contributed by atoms with Gasteiger partial charge in [0.05, 0.1) is 17.6 Å². The van der Waals surface area contributed by atoms with E-state index in [1.54, 1.807) is 22.8 Å². The highest BCUT2D eigenvalue weighted by molar-refractivity contribution is 5.77. The van der Waals surface area contributed by atoms with E-state index in [0.29, 0.717) is 23.6 Å². The lowest BCUT2D eigenvalue weighted by Gasteiger charge is -2.07. The summed E-state index contributed by atoms with van der Waals surface area (Å²) in [6.45, 7) is 1.90. The van der Waals surface area contributed by atoms with Gasteiger partial charge in [0.1, 0.15) is 17.3 Å². The minimum absolute atomic E-state index is 0.295. The minimum atomic E-state index is -0.295. The van der Waals surface area contributed by atoms with Gasteiger partial charge in [0, 0.05) is 12.6 Å². The van der Waals surface area contributed by atoms with Crippen LogP contribution >= 0.6 is 0 Å². The molecule has 3 aromatic heterocycles. The van der Waals surface area contributed by atoms with Gasteiger partial charge in [0.15, 0.2) is 11.5 Å². The van der Waals surface area contributed by atoms with Crippen LogP contribution in [0.4, 0.5) is 10.2 Å². The third-order valence-corrected chi connectivity index (χ3v) is 4.21. The first kappa shape index (κ1) is 15.9. The Morgan fingerprint density at radius 3 is 2.62 bits per heavy atom. The topological polar surface area (TPSA) is 77.1 Å². The van der Waals surface area contributed by atoms with Crippen LogP contribution in [-0.4, -0.2) is 30.6 Å². The van der Waals surface area contributed by atoms with Gasteiger partial charge in [-0.15, -0.1) is 0 Å². The number of nitrogens with one attached hydrogen (secondary N) is 1. The van der Waals surface area contributed by atoms with Crippen molar-refractivity contribution in [3.8, 4) is 22.6 Å². The standard InChI is InChI=1S/C18H15FN6O/c1-11-21-17(12-3-5-13(19)6-4-12)18(24(11)2)14-7-8-16-22-15(20-10-26)9-25(16)23-14/h3-10H,1-2H3,(H,20,26). The Kier molecular flexibility index (Phi) is 3.72. The molecule has 4 aromatic rings. The average Bonchev–Trinajstić information content (AvgIpc) is 3.16. The molecule has 1 amide bonds. The first-order valence-corrected chi connectivity index (χ1v) is 7.93. The van der Waals surface area contributed by atoms with E-state index < -0.39 is 0 Å². The zero-order valence-corrected chi connectivity index (χ0v) is 14.1. The van der Waals surface area contributed by atoms with Crippen LogP contribution in [0.5, 0.6) is 0 Å². The summed E-state index contributed by atoms with van der Waals surface area (Å²) in [6.07, 6.45) is 2.20. The van der Waals surface area contributed by atoms with Crippen molar-refractivity contribution in [1.82, 2.24) is 24.1 Å². The second kappa shape index (κ2) is 6.07. The predicted octanol–water partition coefficient (Wildman–Crippen LogP) is 2.81. The number of benzene rings is 1. The fraction of sp³-hybridized carbons (Fsp3) is 0.111. The Labute approximate surface area is 148 Å². The number of imidazole rings is 2. The number of fused-ring (bicyclic) bond motifs is 1. The summed E-state index contributed by atoms with van der Waals surface area (Å²) in [5, 5.41) is 7.10. The molecule has 7 nitrogen and oxygen atoms in total. The van der Waals surface area contributed by atoms with E-state index in [1.165, 1.54) is 12.1 Å². The van der Waals surface area contributed by atoms with Crippen molar-refractivity contribution < 1.29 is 9.18 Å². The first-order valence-electron chi connectivity index (χ1n) is 7.93. The van der Waals surface area contributed by atoms with E-state index in [9.17, 15) is 9.18 Å². The third kappa shape index (κ3) is 2.61. The number of aryl methyl sites for hydroxylation is 1. The molecule has 1 N–H and O–H groups in total. The molecule has 0 saturated carbocycles. The number of halogens is 1. The van der Waals surface area contributed by atoms with Gasteiger partial charge in [-0.25, -0.2) is 18.9 Å². The van der Waals surface area contributed by atoms with E-state index in [2.05, 4.69) is 20.4 Å². The lowest BCUT2D eigenvalue weighted by molar-refractivity contribution is -0.105. The maximum atomic E-state index is 13.3. The van der Waals surface area contributed by atoms with E-state index in [4.69, 9.17) is 0 Å². The Morgan fingerprint density at radius 2 is 1.88 bits per heavy atom. The summed E-state index contributed by atoms with van der Waals surface area (Å²) in [4.78, 5) is 19.5. The molecular formula is C18H15FN6O. The molecule has 0 fully saturated rings. The summed E-state index contributed by atoms with van der Waals surface area (Å²) >= 11 is 0. The maximum Gasteiger partial charge on any atom is 0.212 e. The average molecular weight is 350 g/mol. The van der Waals surface area contributed by atoms with Gasteiger partial charge in [-0.3, -0.25) is 4.79 Å². The van der Waals surface area contributed by atoms with E-state index in [0.717, 1.165) is 22.8 Å². The highest BCUT2D eigenvalue weighted by Gasteiger charge is 2.18. The molecule has 0 saturated heterocycles. The normalized spacial score (nSPS) is 11.0. The highest BCUT2D eigenvalue weighted by atomic mass is 19.1. The monoisotopic (exact) mass is 350 g/mol. The summed E-state index contributed by atoms with van der Waals surface area (Å²) in [5.41, 5.74) is 3.65. The van der Waals surface area contributed by atoms with E-state index in [1.807, 2.05) is 30.7 Å². The largest absolute Gasteiger partial charge is 0.330 e. The number of rotatable bonds is 4. The SMILES string of the molecule is Cc1nc(-c2ccc(F)cc2)c(-c2ccc3nc(NC=O)cn3n2)n1C. The van der Waals surface area contributed by atoms with Gasteiger partial charge < -0.3 is 9.88 Å². The van der Waals surface area contributed by atoms with Crippen LogP contribution in [0.15, 0.2) is 42.6 Å². The van der Waals surface area contributed by atoms with E-state index >= 15 is 0 Å². The van der Waals surface area contributed by atoms with Crippen molar-refractivity contribution in [3.63, 3.8) is 0 Å². The lowest BCUT2D eigenvalue weighted by atomic mass is 10.1. The molecule has 0 unspecified atom stereocenters. The number of hydrogen-bond donors (Lipinski definition) is 1. The van der Waals surface area contributed by atoms with Gasteiger partial charge in [-0.2, -0.15) is 5.10 Å². The smallest absolute Gasteiger partial charge is 0.212 e. The van der Waals surface area contributed by atoms with Gasteiger partial charge in [-0.05, 0) is 43.3 Å². The Morgan fingerprint density at radius 1 is 1.12 bits per heavy atom. The van der Waals surface area contributed by atoms with Crippen LogP contribution in [0.1, 0.15) is 5.82 Å². The molecule has 0 spiro atoms. The number of carbonyl (C=O) groups excluding carboxylic acids is 1. The number of nitrogens with zero attached hydrogens (tertiary/aromatic N) is 5. The molecule has 4 rings (SSSR count). The minimum Gasteiger partial charge on any atom is -0.330 e. The molecule has 0 radical (unpaired) electrons. The Hall–Kier alpha value is -3.55. The second-order valence-electron chi connectivity index (χ2n) is 5.83. The maximum absolute atomic E-state index is 13.3. The zero-order chi connectivity index (χ0) is 18.3. The van der Waals surface area contributed by atoms with Crippen molar-refractivity contribution in [3.05, 3.63) is 54.2 Å². The van der Waals surface area contributed by atoms with Gasteiger partial charge in [0.2, 0.25) is 6.41 Å². The Balaban J connectivity index is 1.88. The van der Waals surface area contributed by atoms with Gasteiger partial charge >= 0.3 is 0 Å². The number of carbonyl (C=O) groups is 1. The summed E-state index contributed by atoms with van der Waals surface area (Å²) in [5.74, 6) is 0.941. The molecule has 3 heterocycles. The number of aromatic nitrogens is 5. The van der Waals surface area contributed by atoms with Crippen molar-refractivity contribution in [1.29, 1.82) is 0 Å². The fourth-order valence-corrected chi connectivity index (χ4v) is 2.85. The van der Waals surface area contributed by atoms with Crippen LogP contribution in [-0.2, 0) is 11.8 Å². The molecule has 0 aliphatic rings. The molecule has 0 bridgehead atoms. The van der Waals surface area contributed by atoms with E-state index in [-0.39, 0.29) is 5.82 Å². The summed E-state index contributed by atoms with van der Waals surface area (Å²) < 4.78 is 16.8. The molecular weight excluding hydrogens is 335 g/mol. The number of hydrogen-bond acceptors (Lipinski definition) is 4. The highest BCUT2D eigenvalue weighted by Crippen LogP contribution is 2.31. The second-order valence-corrected chi connectivity index (χ2v) is 5.83. The zero-order valence-electron chi connectivity index (χ0n) is 14.1. The molecule has 8 heteroatoms. The molecule has 130 valence electrons. The van der Waals surface area contributed by atoms with Crippen molar-refractivity contribution in [2.75, 3.05) is 5.32 Å². The van der Waals surface area contributed by atoms with Crippen molar-refractivity contribution in [2.24, 2.45) is 7.05 Å². The van der Waals surface area contributed by atoms with Crippen molar-refractivity contribution >= 4 is 17.9 Å². The third-order valence-electron chi connectivity index (χ3n) is 4.21. The molecule has 0 aliphatic carbocycles. The van der Waals surface area contributed by atoms with Crippen LogP contribution < -0.4 is 5.32 Å². The molecule has 1 aromatic carbocycles. The fourth-order valence-electron chi connectivity index (χ4n) is 2.85. The van der Waals surface area contributed by atoms with Crippen LogP contribution in [0.25, 0.3) is 28.3 Å². The van der Waals surface area contributed by atoms with Crippen LogP contribution in [0, 0.1) is 12.7 Å². The number of anilines is 1. The summed E-state index contributed by atoms with van der Waals surface area (Å²) in [7, 11) is 1.91. The lowest BCUT2D eigenvalue weighted by Crippen LogP contribution is -2.00. The van der Waals surface area contributed by atoms with Crippen LogP contribution in [0.3, 0.4) is 0 Å². The molecule has 0 aliphatic heterocycles. The predicted molar refractivity (Wildman–Crippen MR) is 95.0 cm³/mol. The first-order chi connectivity index (χ1) is 12.6. The molecule has 26 heavy (non-hydrogen) atoms. The van der Waals surface area contributed by atoms with Crippen LogP contribution in [0.2, 0.25) is 0 Å².